The van der Waals surface area contributed by atoms with Gasteiger partial charge in [0.05, 0.1) is 0 Å². The van der Waals surface area contributed by atoms with Gasteiger partial charge in [-0.15, -0.1) is 11.6 Å². The quantitative estimate of drug-likeness (QED) is 0.748. The number of halogens is 1. The van der Waals surface area contributed by atoms with E-state index in [9.17, 15) is 4.79 Å². The third-order valence-corrected chi connectivity index (χ3v) is 6.77. The number of rotatable bonds is 3. The predicted molar refractivity (Wildman–Crippen MR) is 84.3 cm³/mol. The van der Waals surface area contributed by atoms with Crippen LogP contribution >= 0.6 is 11.6 Å². The lowest BCUT2D eigenvalue weighted by Crippen LogP contribution is -2.56. The molecule has 118 valence electrons. The van der Waals surface area contributed by atoms with Crippen LogP contribution < -0.4 is 0 Å². The van der Waals surface area contributed by atoms with E-state index in [0.29, 0.717) is 17.7 Å². The average molecular weight is 311 g/mol. The molecule has 0 unspecified atom stereocenters. The van der Waals surface area contributed by atoms with Gasteiger partial charge in [0.2, 0.25) is 5.91 Å². The summed E-state index contributed by atoms with van der Waals surface area (Å²) >= 11 is 5.82. The van der Waals surface area contributed by atoms with Crippen LogP contribution in [0.1, 0.15) is 32.1 Å². The SMILES string of the molecule is O=C(C1C2CC3CC(C2)CC1C3)N1CCN(CCCl)CC1. The molecule has 0 aromatic carbocycles. The highest BCUT2D eigenvalue weighted by atomic mass is 35.5. The summed E-state index contributed by atoms with van der Waals surface area (Å²) in [4.78, 5) is 17.6. The van der Waals surface area contributed by atoms with E-state index in [1.807, 2.05) is 0 Å². The Hall–Kier alpha value is -0.280. The molecule has 1 amide bonds. The Morgan fingerprint density at radius 2 is 1.48 bits per heavy atom. The van der Waals surface area contributed by atoms with Gasteiger partial charge in [-0.05, 0) is 55.8 Å². The average Bonchev–Trinajstić information content (AvgIpc) is 2.47. The maximum absolute atomic E-state index is 13.0. The Bertz CT molecular complexity index is 378. The van der Waals surface area contributed by atoms with E-state index in [-0.39, 0.29) is 0 Å². The van der Waals surface area contributed by atoms with Crippen LogP contribution in [0.2, 0.25) is 0 Å². The van der Waals surface area contributed by atoms with Crippen LogP contribution in [0, 0.1) is 29.6 Å². The number of alkyl halides is 1. The van der Waals surface area contributed by atoms with Gasteiger partial charge in [0.25, 0.3) is 0 Å². The van der Waals surface area contributed by atoms with Crippen molar-refractivity contribution in [1.29, 1.82) is 0 Å². The molecule has 0 aromatic rings. The van der Waals surface area contributed by atoms with E-state index in [0.717, 1.165) is 56.4 Å². The van der Waals surface area contributed by atoms with Gasteiger partial charge in [0.1, 0.15) is 0 Å². The minimum absolute atomic E-state index is 0.373. The van der Waals surface area contributed by atoms with Crippen LogP contribution in [0.4, 0.5) is 0 Å². The van der Waals surface area contributed by atoms with Crippen LogP contribution in [0.25, 0.3) is 0 Å². The Morgan fingerprint density at radius 1 is 0.905 bits per heavy atom. The van der Waals surface area contributed by atoms with Crippen molar-refractivity contribution >= 4 is 17.5 Å². The highest BCUT2D eigenvalue weighted by Crippen LogP contribution is 2.56. The molecule has 1 saturated heterocycles. The maximum Gasteiger partial charge on any atom is 0.226 e. The van der Waals surface area contributed by atoms with Crippen molar-refractivity contribution in [3.63, 3.8) is 0 Å². The summed E-state index contributed by atoms with van der Waals surface area (Å²) in [6.07, 6.45) is 6.83. The number of carbonyl (C=O) groups excluding carboxylic acids is 1. The largest absolute Gasteiger partial charge is 0.340 e. The molecule has 1 heterocycles. The van der Waals surface area contributed by atoms with E-state index >= 15 is 0 Å². The number of piperazine rings is 1. The first-order valence-corrected chi connectivity index (χ1v) is 9.35. The van der Waals surface area contributed by atoms with E-state index in [2.05, 4.69) is 9.80 Å². The Morgan fingerprint density at radius 3 is 2.00 bits per heavy atom. The molecule has 0 N–H and O–H groups in total. The van der Waals surface area contributed by atoms with Crippen LogP contribution in [0.3, 0.4) is 0 Å². The lowest BCUT2D eigenvalue weighted by Gasteiger charge is -2.54. The first kappa shape index (κ1) is 14.3. The van der Waals surface area contributed by atoms with Gasteiger partial charge in [-0.1, -0.05) is 0 Å². The third-order valence-electron chi connectivity index (χ3n) is 6.60. The summed E-state index contributed by atoms with van der Waals surface area (Å²) < 4.78 is 0. The molecule has 0 atom stereocenters. The highest BCUT2D eigenvalue weighted by molar-refractivity contribution is 6.18. The van der Waals surface area contributed by atoms with Crippen LogP contribution in [-0.4, -0.2) is 54.3 Å². The van der Waals surface area contributed by atoms with Crippen LogP contribution in [0.5, 0.6) is 0 Å². The molecular weight excluding hydrogens is 284 g/mol. The standard InChI is InChI=1S/C17H27ClN2O/c18-1-2-19-3-5-20(6-4-19)17(21)16-14-8-12-7-13(10-14)11-15(16)9-12/h12-16H,1-11H2. The van der Waals surface area contributed by atoms with Crippen molar-refractivity contribution in [2.24, 2.45) is 29.6 Å². The number of nitrogens with zero attached hydrogens (tertiary/aromatic N) is 2. The topological polar surface area (TPSA) is 23.6 Å². The van der Waals surface area contributed by atoms with Gasteiger partial charge in [-0.25, -0.2) is 0 Å². The van der Waals surface area contributed by atoms with Crippen molar-refractivity contribution in [2.45, 2.75) is 32.1 Å². The van der Waals surface area contributed by atoms with Crippen LogP contribution in [0.15, 0.2) is 0 Å². The summed E-state index contributed by atoms with van der Waals surface area (Å²) in [6.45, 7) is 4.80. The number of hydrogen-bond acceptors (Lipinski definition) is 2. The fourth-order valence-electron chi connectivity index (χ4n) is 5.85. The van der Waals surface area contributed by atoms with Gasteiger partial charge in [-0.3, -0.25) is 9.69 Å². The van der Waals surface area contributed by atoms with Crippen molar-refractivity contribution in [2.75, 3.05) is 38.6 Å². The normalized spacial score (nSPS) is 42.5. The van der Waals surface area contributed by atoms with E-state index < -0.39 is 0 Å². The lowest BCUT2D eigenvalue weighted by molar-refractivity contribution is -0.150. The number of carbonyl (C=O) groups is 1. The molecule has 4 saturated carbocycles. The summed E-state index contributed by atoms with van der Waals surface area (Å²) in [5.41, 5.74) is 0. The molecule has 3 nitrogen and oxygen atoms in total. The Kier molecular flexibility index (Phi) is 3.91. The highest BCUT2D eigenvalue weighted by Gasteiger charge is 2.51. The Balaban J connectivity index is 1.39. The molecule has 5 rings (SSSR count). The van der Waals surface area contributed by atoms with Gasteiger partial charge in [0, 0.05) is 44.5 Å². The van der Waals surface area contributed by atoms with Gasteiger partial charge in [0.15, 0.2) is 0 Å². The second kappa shape index (κ2) is 5.73. The van der Waals surface area contributed by atoms with Crippen molar-refractivity contribution in [3.8, 4) is 0 Å². The second-order valence-corrected chi connectivity index (χ2v) is 8.19. The minimum atomic E-state index is 0.373. The van der Waals surface area contributed by atoms with Crippen molar-refractivity contribution < 1.29 is 4.79 Å². The fraction of sp³-hybridized carbons (Fsp3) is 0.941. The molecule has 0 aromatic heterocycles. The summed E-state index contributed by atoms with van der Waals surface area (Å²) in [7, 11) is 0. The van der Waals surface area contributed by atoms with E-state index in [1.54, 1.807) is 0 Å². The predicted octanol–water partition coefficient (Wildman–Crippen LogP) is 2.44. The first-order valence-electron chi connectivity index (χ1n) is 8.81. The van der Waals surface area contributed by atoms with Crippen molar-refractivity contribution in [3.05, 3.63) is 0 Å². The fourth-order valence-corrected chi connectivity index (χ4v) is 6.09. The smallest absolute Gasteiger partial charge is 0.226 e. The van der Waals surface area contributed by atoms with Crippen molar-refractivity contribution in [1.82, 2.24) is 9.80 Å². The molecule has 4 heteroatoms. The summed E-state index contributed by atoms with van der Waals surface area (Å²) in [6, 6.07) is 0. The summed E-state index contributed by atoms with van der Waals surface area (Å²) in [5, 5.41) is 0. The molecule has 0 spiro atoms. The molecule has 5 fully saturated rings. The maximum atomic E-state index is 13.0. The van der Waals surface area contributed by atoms with E-state index in [1.165, 1.54) is 32.1 Å². The van der Waals surface area contributed by atoms with Gasteiger partial charge in [-0.2, -0.15) is 0 Å². The molecular formula is C17H27ClN2O. The van der Waals surface area contributed by atoms with E-state index in [4.69, 9.17) is 11.6 Å². The molecule has 1 aliphatic heterocycles. The zero-order valence-corrected chi connectivity index (χ0v) is 13.6. The molecule has 4 bridgehead atoms. The molecule has 5 aliphatic rings. The van der Waals surface area contributed by atoms with Crippen LogP contribution in [-0.2, 0) is 4.79 Å². The zero-order valence-electron chi connectivity index (χ0n) is 12.8. The van der Waals surface area contributed by atoms with Gasteiger partial charge >= 0.3 is 0 Å². The zero-order chi connectivity index (χ0) is 14.4. The lowest BCUT2D eigenvalue weighted by atomic mass is 9.51. The monoisotopic (exact) mass is 310 g/mol. The minimum Gasteiger partial charge on any atom is -0.340 e. The first-order chi connectivity index (χ1) is 10.2. The van der Waals surface area contributed by atoms with Gasteiger partial charge < -0.3 is 4.90 Å². The molecule has 0 radical (unpaired) electrons. The second-order valence-electron chi connectivity index (χ2n) is 7.81. The number of hydrogen-bond donors (Lipinski definition) is 0. The molecule has 21 heavy (non-hydrogen) atoms. The number of amides is 1. The molecule has 4 aliphatic carbocycles. The summed E-state index contributed by atoms with van der Waals surface area (Å²) in [5.74, 6) is 4.91. The third kappa shape index (κ3) is 2.61. The Labute approximate surface area is 133 Å².